The van der Waals surface area contributed by atoms with E-state index in [1.165, 1.54) is 0 Å². The highest BCUT2D eigenvalue weighted by Gasteiger charge is 2.42. The first-order chi connectivity index (χ1) is 13.3. The summed E-state index contributed by atoms with van der Waals surface area (Å²) in [7, 11) is 0. The summed E-state index contributed by atoms with van der Waals surface area (Å²) in [4.78, 5) is 0. The fourth-order valence-corrected chi connectivity index (χ4v) is 4.30. The molecule has 2 aliphatic rings. The van der Waals surface area contributed by atoms with E-state index in [2.05, 4.69) is 43.9 Å². The normalized spacial score (nSPS) is 24.5. The number of benzene rings is 2. The van der Waals surface area contributed by atoms with Crippen LogP contribution in [0.3, 0.4) is 0 Å². The number of aromatic amines is 2. The molecule has 0 radical (unpaired) electrons. The van der Waals surface area contributed by atoms with Gasteiger partial charge in [0.1, 0.15) is 12.2 Å². The first-order valence-electron chi connectivity index (χ1n) is 8.99. The molecule has 1 fully saturated rings. The highest BCUT2D eigenvalue weighted by molar-refractivity contribution is 5.90. The smallest absolute Gasteiger partial charge is 0.153 e. The molecule has 5 N–H and O–H groups in total. The van der Waals surface area contributed by atoms with Gasteiger partial charge in [-0.2, -0.15) is 10.2 Å². The minimum absolute atomic E-state index is 0.0501. The van der Waals surface area contributed by atoms with E-state index in [9.17, 15) is 0 Å². The molecule has 136 valence electrons. The fourth-order valence-electron chi connectivity index (χ4n) is 4.30. The summed E-state index contributed by atoms with van der Waals surface area (Å²) in [6, 6.07) is 10.2. The van der Waals surface area contributed by atoms with Crippen LogP contribution in [0.2, 0.25) is 0 Å². The lowest BCUT2D eigenvalue weighted by atomic mass is 9.86. The third-order valence-corrected chi connectivity index (χ3v) is 5.55. The fraction of sp³-hybridized carbons (Fsp3) is 0.263. The molecule has 8 nitrogen and oxygen atoms in total. The molecule has 27 heavy (non-hydrogen) atoms. The zero-order valence-corrected chi connectivity index (χ0v) is 14.4. The average molecular weight is 362 g/mol. The van der Waals surface area contributed by atoms with E-state index in [1.54, 1.807) is 0 Å². The molecule has 2 aromatic heterocycles. The van der Waals surface area contributed by atoms with Gasteiger partial charge in [0, 0.05) is 22.0 Å². The Kier molecular flexibility index (Phi) is 3.03. The molecule has 0 spiro atoms. The molecule has 2 aliphatic heterocycles. The van der Waals surface area contributed by atoms with Crippen LogP contribution in [-0.4, -0.2) is 39.7 Å². The van der Waals surface area contributed by atoms with Crippen LogP contribution in [0.4, 0.5) is 11.5 Å². The van der Waals surface area contributed by atoms with Crippen LogP contribution >= 0.6 is 0 Å². The lowest BCUT2D eigenvalue weighted by molar-refractivity contribution is -0.150. The van der Waals surface area contributed by atoms with Crippen LogP contribution in [0.1, 0.15) is 23.3 Å². The van der Waals surface area contributed by atoms with Crippen molar-refractivity contribution < 1.29 is 9.47 Å². The molecule has 3 unspecified atom stereocenters. The van der Waals surface area contributed by atoms with Gasteiger partial charge >= 0.3 is 0 Å². The van der Waals surface area contributed by atoms with Crippen molar-refractivity contribution in [2.75, 3.05) is 24.3 Å². The standard InChI is InChI=1S/C19H18N6O2/c20-19-10-7-9(1-2-12(10)24-25-19)16-18-17(26-5-6-27-18)15-11-8-21-23-13(11)3-4-14(15)22-16/h1-4,7-8,16-18,22H,5-6H2,(H,21,23)(H3,20,24,25). The summed E-state index contributed by atoms with van der Waals surface area (Å²) in [5.41, 5.74) is 11.2. The summed E-state index contributed by atoms with van der Waals surface area (Å²) in [6.07, 6.45) is 1.56. The number of nitrogens with zero attached hydrogens (tertiary/aromatic N) is 2. The second-order valence-electron chi connectivity index (χ2n) is 7.02. The molecule has 1 saturated heterocycles. The Morgan fingerprint density at radius 2 is 1.85 bits per heavy atom. The van der Waals surface area contributed by atoms with Crippen molar-refractivity contribution in [3.05, 3.63) is 47.7 Å². The first-order valence-corrected chi connectivity index (χ1v) is 8.99. The molecule has 0 amide bonds. The largest absolute Gasteiger partial charge is 0.382 e. The van der Waals surface area contributed by atoms with Gasteiger partial charge in [-0.3, -0.25) is 10.2 Å². The third kappa shape index (κ3) is 2.11. The molecule has 2 aromatic carbocycles. The molecule has 6 rings (SSSR count). The Labute approximate surface area is 154 Å². The molecule has 0 saturated carbocycles. The Morgan fingerprint density at radius 3 is 2.81 bits per heavy atom. The summed E-state index contributed by atoms with van der Waals surface area (Å²) in [5, 5.41) is 19.9. The molecule has 4 aromatic rings. The molecular weight excluding hydrogens is 344 g/mol. The first kappa shape index (κ1) is 15.0. The van der Waals surface area contributed by atoms with Gasteiger partial charge in [-0.15, -0.1) is 0 Å². The average Bonchev–Trinajstić information content (AvgIpc) is 3.33. The second kappa shape index (κ2) is 5.45. The van der Waals surface area contributed by atoms with Crippen LogP contribution in [0.5, 0.6) is 0 Å². The summed E-state index contributed by atoms with van der Waals surface area (Å²) in [6.45, 7) is 1.15. The van der Waals surface area contributed by atoms with E-state index in [0.29, 0.717) is 19.0 Å². The van der Waals surface area contributed by atoms with Gasteiger partial charge in [0.25, 0.3) is 0 Å². The van der Waals surface area contributed by atoms with Crippen molar-refractivity contribution in [2.24, 2.45) is 0 Å². The number of aromatic nitrogens is 4. The Bertz CT molecular complexity index is 1170. The van der Waals surface area contributed by atoms with Crippen molar-refractivity contribution in [1.82, 2.24) is 20.4 Å². The number of H-pyrrole nitrogens is 2. The summed E-state index contributed by atoms with van der Waals surface area (Å²) < 4.78 is 12.4. The van der Waals surface area contributed by atoms with Gasteiger partial charge in [-0.25, -0.2) is 0 Å². The van der Waals surface area contributed by atoms with Crippen molar-refractivity contribution in [1.29, 1.82) is 0 Å². The Morgan fingerprint density at radius 1 is 1.00 bits per heavy atom. The van der Waals surface area contributed by atoms with Gasteiger partial charge < -0.3 is 20.5 Å². The highest BCUT2D eigenvalue weighted by atomic mass is 16.6. The minimum Gasteiger partial charge on any atom is -0.382 e. The van der Waals surface area contributed by atoms with E-state index in [0.717, 1.165) is 38.6 Å². The van der Waals surface area contributed by atoms with Gasteiger partial charge in [-0.05, 0) is 29.8 Å². The predicted octanol–water partition coefficient (Wildman–Crippen LogP) is 2.64. The zero-order chi connectivity index (χ0) is 18.0. The minimum atomic E-state index is -0.154. The van der Waals surface area contributed by atoms with Gasteiger partial charge in [-0.1, -0.05) is 6.07 Å². The number of ether oxygens (including phenoxy) is 2. The monoisotopic (exact) mass is 362 g/mol. The van der Waals surface area contributed by atoms with Crippen LogP contribution < -0.4 is 11.1 Å². The number of nitrogen functional groups attached to an aromatic ring is 1. The van der Waals surface area contributed by atoms with Crippen molar-refractivity contribution in [3.63, 3.8) is 0 Å². The molecule has 0 bridgehead atoms. The lowest BCUT2D eigenvalue weighted by Gasteiger charge is -2.43. The van der Waals surface area contributed by atoms with Crippen LogP contribution in [0, 0.1) is 0 Å². The SMILES string of the molecule is Nc1n[nH]c2ccc(C3Nc4ccc5[nH]ncc5c4C4OCCOC34)cc12. The predicted molar refractivity (Wildman–Crippen MR) is 101 cm³/mol. The lowest BCUT2D eigenvalue weighted by Crippen LogP contribution is -2.43. The van der Waals surface area contributed by atoms with E-state index < -0.39 is 0 Å². The molecule has 0 aliphatic carbocycles. The van der Waals surface area contributed by atoms with Gasteiger partial charge in [0.05, 0.1) is 36.5 Å². The van der Waals surface area contributed by atoms with Crippen LogP contribution in [-0.2, 0) is 9.47 Å². The Balaban J connectivity index is 1.52. The summed E-state index contributed by atoms with van der Waals surface area (Å²) >= 11 is 0. The number of nitrogens with two attached hydrogens (primary N) is 1. The van der Waals surface area contributed by atoms with E-state index in [-0.39, 0.29) is 18.2 Å². The number of rotatable bonds is 1. The summed E-state index contributed by atoms with van der Waals surface area (Å²) in [5.74, 6) is 0.500. The maximum Gasteiger partial charge on any atom is 0.153 e. The number of hydrogen-bond acceptors (Lipinski definition) is 6. The second-order valence-corrected chi connectivity index (χ2v) is 7.02. The molecule has 8 heteroatoms. The van der Waals surface area contributed by atoms with Crippen molar-refractivity contribution in [2.45, 2.75) is 18.2 Å². The van der Waals surface area contributed by atoms with Crippen LogP contribution in [0.15, 0.2) is 36.5 Å². The quantitative estimate of drug-likeness (QED) is 0.414. The Hall–Kier alpha value is -3.10. The molecule has 4 heterocycles. The van der Waals surface area contributed by atoms with E-state index in [1.807, 2.05) is 18.3 Å². The van der Waals surface area contributed by atoms with Crippen molar-refractivity contribution in [3.8, 4) is 0 Å². The van der Waals surface area contributed by atoms with Gasteiger partial charge in [0.15, 0.2) is 5.82 Å². The number of hydrogen-bond donors (Lipinski definition) is 4. The molecular formula is C19H18N6O2. The number of anilines is 2. The highest BCUT2D eigenvalue weighted by Crippen LogP contribution is 2.46. The maximum absolute atomic E-state index is 6.18. The molecule has 3 atom stereocenters. The third-order valence-electron chi connectivity index (χ3n) is 5.55. The maximum atomic E-state index is 6.18. The van der Waals surface area contributed by atoms with E-state index >= 15 is 0 Å². The number of nitrogens with one attached hydrogen (secondary N) is 3. The van der Waals surface area contributed by atoms with Gasteiger partial charge in [0.2, 0.25) is 0 Å². The number of fused-ring (bicyclic) bond motifs is 6. The van der Waals surface area contributed by atoms with Crippen molar-refractivity contribution >= 4 is 33.3 Å². The van der Waals surface area contributed by atoms with E-state index in [4.69, 9.17) is 15.2 Å². The van der Waals surface area contributed by atoms with Crippen LogP contribution in [0.25, 0.3) is 21.8 Å². The zero-order valence-electron chi connectivity index (χ0n) is 14.4. The topological polar surface area (TPSA) is 114 Å².